The molecule has 0 aliphatic rings. The van der Waals surface area contributed by atoms with Crippen LogP contribution in [-0.4, -0.2) is 11.1 Å². The highest BCUT2D eigenvalue weighted by atomic mass is 19.1. The Bertz CT molecular complexity index is 345. The van der Waals surface area contributed by atoms with E-state index in [1.54, 1.807) is 0 Å². The summed E-state index contributed by atoms with van der Waals surface area (Å²) >= 11 is 0. The first-order valence-electron chi connectivity index (χ1n) is 4.52. The Morgan fingerprint density at radius 1 is 1.43 bits per heavy atom. The molecule has 1 N–H and O–H groups in total. The number of hydrogen-bond donors (Lipinski definition) is 1. The largest absolute Gasteiger partial charge is 0.478 e. The zero-order valence-corrected chi connectivity index (χ0v) is 8.25. The average molecular weight is 196 g/mol. The Morgan fingerprint density at radius 3 is 2.57 bits per heavy atom. The van der Waals surface area contributed by atoms with Crippen molar-refractivity contribution in [1.82, 2.24) is 0 Å². The topological polar surface area (TPSA) is 37.3 Å². The lowest BCUT2D eigenvalue weighted by Crippen LogP contribution is -2.01. The van der Waals surface area contributed by atoms with Crippen LogP contribution in [0.1, 0.15) is 29.8 Å². The molecule has 3 heteroatoms. The Balaban J connectivity index is 3.01. The van der Waals surface area contributed by atoms with E-state index >= 15 is 0 Å². The molecule has 1 aromatic carbocycles. The monoisotopic (exact) mass is 196 g/mol. The number of carboxylic acid groups (broad SMARTS) is 1. The molecule has 0 unspecified atom stereocenters. The molecule has 1 rings (SSSR count). The number of carbonyl (C=O) groups is 1. The van der Waals surface area contributed by atoms with Crippen molar-refractivity contribution in [2.75, 3.05) is 0 Å². The Morgan fingerprint density at radius 2 is 2.07 bits per heavy atom. The van der Waals surface area contributed by atoms with Gasteiger partial charge in [-0.2, -0.15) is 0 Å². The molecule has 0 bridgehead atoms. The van der Waals surface area contributed by atoms with Crippen LogP contribution in [-0.2, 0) is 6.42 Å². The molecule has 0 atom stereocenters. The van der Waals surface area contributed by atoms with E-state index in [1.807, 2.05) is 13.8 Å². The number of rotatable bonds is 3. The molecule has 0 fully saturated rings. The fourth-order valence-electron chi connectivity index (χ4n) is 1.36. The van der Waals surface area contributed by atoms with Gasteiger partial charge in [-0.05, 0) is 36.1 Å². The SMILES string of the molecule is CC(C)Cc1cc(F)cc(C(=O)O)c1. The zero-order valence-electron chi connectivity index (χ0n) is 8.25. The van der Waals surface area contributed by atoms with Gasteiger partial charge in [0.15, 0.2) is 0 Å². The van der Waals surface area contributed by atoms with Crippen LogP contribution in [0.4, 0.5) is 4.39 Å². The smallest absolute Gasteiger partial charge is 0.335 e. The molecule has 0 aliphatic carbocycles. The molecule has 0 aliphatic heterocycles. The summed E-state index contributed by atoms with van der Waals surface area (Å²) in [6.07, 6.45) is 0.692. The van der Waals surface area contributed by atoms with E-state index in [0.29, 0.717) is 12.3 Å². The van der Waals surface area contributed by atoms with E-state index in [2.05, 4.69) is 0 Å². The second kappa shape index (κ2) is 4.22. The van der Waals surface area contributed by atoms with Crippen LogP contribution in [0.5, 0.6) is 0 Å². The van der Waals surface area contributed by atoms with Crippen LogP contribution in [0.15, 0.2) is 18.2 Å². The maximum Gasteiger partial charge on any atom is 0.335 e. The summed E-state index contributed by atoms with van der Waals surface area (Å²) in [6.45, 7) is 4.01. The van der Waals surface area contributed by atoms with Gasteiger partial charge in [0, 0.05) is 0 Å². The zero-order chi connectivity index (χ0) is 10.7. The molecule has 0 amide bonds. The van der Waals surface area contributed by atoms with Crippen molar-refractivity contribution in [3.05, 3.63) is 35.1 Å². The molecule has 76 valence electrons. The van der Waals surface area contributed by atoms with Crippen LogP contribution < -0.4 is 0 Å². The molecule has 0 saturated carbocycles. The Labute approximate surface area is 82.4 Å². The predicted octanol–water partition coefficient (Wildman–Crippen LogP) is 2.72. The minimum absolute atomic E-state index is 0.0145. The first-order valence-corrected chi connectivity index (χ1v) is 4.52. The molecular weight excluding hydrogens is 183 g/mol. The highest BCUT2D eigenvalue weighted by molar-refractivity contribution is 5.87. The second-order valence-corrected chi connectivity index (χ2v) is 3.75. The first-order chi connectivity index (χ1) is 6.49. The first kappa shape index (κ1) is 10.7. The second-order valence-electron chi connectivity index (χ2n) is 3.75. The number of hydrogen-bond acceptors (Lipinski definition) is 1. The van der Waals surface area contributed by atoms with E-state index < -0.39 is 11.8 Å². The van der Waals surface area contributed by atoms with Crippen molar-refractivity contribution in [2.24, 2.45) is 5.92 Å². The standard InChI is InChI=1S/C11H13FO2/c1-7(2)3-8-4-9(11(13)14)6-10(12)5-8/h4-7H,3H2,1-2H3,(H,13,14). The molecule has 0 radical (unpaired) electrons. The number of aromatic carboxylic acids is 1. The van der Waals surface area contributed by atoms with Gasteiger partial charge < -0.3 is 5.11 Å². The summed E-state index contributed by atoms with van der Waals surface area (Å²) in [5, 5.41) is 8.70. The van der Waals surface area contributed by atoms with Crippen LogP contribution >= 0.6 is 0 Å². The van der Waals surface area contributed by atoms with Crippen molar-refractivity contribution in [2.45, 2.75) is 20.3 Å². The summed E-state index contributed by atoms with van der Waals surface area (Å²) < 4.78 is 13.0. The van der Waals surface area contributed by atoms with Gasteiger partial charge in [-0.15, -0.1) is 0 Å². The molecule has 0 heterocycles. The summed E-state index contributed by atoms with van der Waals surface area (Å²) in [7, 11) is 0. The van der Waals surface area contributed by atoms with Gasteiger partial charge in [0.1, 0.15) is 5.82 Å². The Kier molecular flexibility index (Phi) is 3.23. The van der Waals surface area contributed by atoms with Gasteiger partial charge in [0.05, 0.1) is 5.56 Å². The third-order valence-electron chi connectivity index (χ3n) is 1.85. The van der Waals surface area contributed by atoms with E-state index in [4.69, 9.17) is 5.11 Å². The van der Waals surface area contributed by atoms with Crippen molar-refractivity contribution < 1.29 is 14.3 Å². The van der Waals surface area contributed by atoms with Gasteiger partial charge >= 0.3 is 5.97 Å². The number of halogens is 1. The summed E-state index contributed by atoms with van der Waals surface area (Å²) in [6, 6.07) is 3.93. The number of carboxylic acids is 1. The minimum atomic E-state index is -1.09. The molecule has 0 saturated heterocycles. The molecular formula is C11H13FO2. The van der Waals surface area contributed by atoms with E-state index in [9.17, 15) is 9.18 Å². The lowest BCUT2D eigenvalue weighted by molar-refractivity contribution is 0.0696. The maximum atomic E-state index is 13.0. The fraction of sp³-hybridized carbons (Fsp3) is 0.364. The van der Waals surface area contributed by atoms with Gasteiger partial charge in [-0.25, -0.2) is 9.18 Å². The van der Waals surface area contributed by atoms with Gasteiger partial charge in [0.25, 0.3) is 0 Å². The van der Waals surface area contributed by atoms with Crippen LogP contribution in [0, 0.1) is 11.7 Å². The highest BCUT2D eigenvalue weighted by Crippen LogP contribution is 2.13. The van der Waals surface area contributed by atoms with Crippen LogP contribution in [0.2, 0.25) is 0 Å². The predicted molar refractivity (Wildman–Crippen MR) is 51.9 cm³/mol. The third kappa shape index (κ3) is 2.83. The van der Waals surface area contributed by atoms with Gasteiger partial charge in [0.2, 0.25) is 0 Å². The molecule has 1 aromatic rings. The average Bonchev–Trinajstić information content (AvgIpc) is 2.01. The van der Waals surface area contributed by atoms with Crippen LogP contribution in [0.3, 0.4) is 0 Å². The minimum Gasteiger partial charge on any atom is -0.478 e. The third-order valence-corrected chi connectivity index (χ3v) is 1.85. The van der Waals surface area contributed by atoms with Crippen LogP contribution in [0.25, 0.3) is 0 Å². The van der Waals surface area contributed by atoms with Crippen molar-refractivity contribution in [3.63, 3.8) is 0 Å². The summed E-state index contributed by atoms with van der Waals surface area (Å²) in [5.74, 6) is -1.19. The lowest BCUT2D eigenvalue weighted by atomic mass is 10.0. The molecule has 2 nitrogen and oxygen atoms in total. The maximum absolute atomic E-state index is 13.0. The van der Waals surface area contributed by atoms with Gasteiger partial charge in [-0.3, -0.25) is 0 Å². The van der Waals surface area contributed by atoms with Crippen molar-refractivity contribution in [1.29, 1.82) is 0 Å². The summed E-state index contributed by atoms with van der Waals surface area (Å²) in [4.78, 5) is 10.6. The number of benzene rings is 1. The summed E-state index contributed by atoms with van der Waals surface area (Å²) in [5.41, 5.74) is 0.748. The fourth-order valence-corrected chi connectivity index (χ4v) is 1.36. The van der Waals surface area contributed by atoms with Crippen molar-refractivity contribution >= 4 is 5.97 Å². The molecule has 14 heavy (non-hydrogen) atoms. The molecule has 0 spiro atoms. The van der Waals surface area contributed by atoms with Crippen molar-refractivity contribution in [3.8, 4) is 0 Å². The highest BCUT2D eigenvalue weighted by Gasteiger charge is 2.07. The Hall–Kier alpha value is -1.38. The molecule has 0 aromatic heterocycles. The van der Waals surface area contributed by atoms with Gasteiger partial charge in [-0.1, -0.05) is 13.8 Å². The normalized spacial score (nSPS) is 10.6. The van der Waals surface area contributed by atoms with E-state index in [-0.39, 0.29) is 5.56 Å². The lowest BCUT2D eigenvalue weighted by Gasteiger charge is -2.06. The van der Waals surface area contributed by atoms with E-state index in [1.165, 1.54) is 12.1 Å². The quantitative estimate of drug-likeness (QED) is 0.807. The van der Waals surface area contributed by atoms with E-state index in [0.717, 1.165) is 11.6 Å².